The molecule has 226 valence electrons. The van der Waals surface area contributed by atoms with Crippen LogP contribution in [0.1, 0.15) is 72.9 Å². The second-order valence-corrected chi connectivity index (χ2v) is 12.0. The lowest BCUT2D eigenvalue weighted by atomic mass is 9.86. The number of aliphatic carboxylic acids is 1. The van der Waals surface area contributed by atoms with Crippen molar-refractivity contribution in [1.82, 2.24) is 4.90 Å². The molecule has 7 heteroatoms. The minimum Gasteiger partial charge on any atom is -0.492 e. The second-order valence-electron chi connectivity index (χ2n) is 12.0. The molecule has 0 spiro atoms. The van der Waals surface area contributed by atoms with Gasteiger partial charge in [0.05, 0.1) is 6.54 Å². The Bertz CT molecular complexity index is 1360. The van der Waals surface area contributed by atoms with Crippen molar-refractivity contribution >= 4 is 23.3 Å². The van der Waals surface area contributed by atoms with Gasteiger partial charge in [0.25, 0.3) is 0 Å². The number of carboxylic acid groups (broad SMARTS) is 1. The van der Waals surface area contributed by atoms with Gasteiger partial charge in [-0.15, -0.1) is 0 Å². The summed E-state index contributed by atoms with van der Waals surface area (Å²) >= 11 is 0. The number of carbonyl (C=O) groups excluding carboxylic acids is 2. The number of anilines is 1. The third kappa shape index (κ3) is 8.93. The first-order chi connectivity index (χ1) is 21.0. The van der Waals surface area contributed by atoms with Crippen molar-refractivity contribution in [3.05, 3.63) is 95.6 Å². The van der Waals surface area contributed by atoms with Crippen molar-refractivity contribution in [3.63, 3.8) is 0 Å². The zero-order valence-electron chi connectivity index (χ0n) is 24.8. The fourth-order valence-corrected chi connectivity index (χ4v) is 5.87. The number of hydrogen-bond acceptors (Lipinski definition) is 5. The Morgan fingerprint density at radius 2 is 1.53 bits per heavy atom. The molecule has 1 amide bonds. The predicted molar refractivity (Wildman–Crippen MR) is 167 cm³/mol. The number of rotatable bonds is 15. The first-order valence-electron chi connectivity index (χ1n) is 15.6. The van der Waals surface area contributed by atoms with Gasteiger partial charge in [-0.3, -0.25) is 9.59 Å². The first-order valence-corrected chi connectivity index (χ1v) is 15.6. The SMILES string of the molecule is O=C(c1ccccc1)c1ccccc1N[C@@H](Cc1ccc(OCCN(CC2CC2)C(=O)CC2CCCCC2)cc1)C(=O)O. The molecule has 5 rings (SSSR count). The molecule has 1 atom stereocenters. The van der Waals surface area contributed by atoms with E-state index >= 15 is 0 Å². The minimum absolute atomic E-state index is 0.166. The molecule has 0 saturated heterocycles. The molecule has 2 N–H and O–H groups in total. The maximum Gasteiger partial charge on any atom is 0.326 e. The van der Waals surface area contributed by atoms with Crippen LogP contribution in [0.3, 0.4) is 0 Å². The number of nitrogens with zero attached hydrogens (tertiary/aromatic N) is 1. The van der Waals surface area contributed by atoms with Crippen LogP contribution in [-0.2, 0) is 16.0 Å². The molecular formula is C36H42N2O5. The largest absolute Gasteiger partial charge is 0.492 e. The molecular weight excluding hydrogens is 540 g/mol. The van der Waals surface area contributed by atoms with E-state index in [9.17, 15) is 19.5 Å². The van der Waals surface area contributed by atoms with Crippen LogP contribution >= 0.6 is 0 Å². The number of ketones is 1. The summed E-state index contributed by atoms with van der Waals surface area (Å²) in [5.74, 6) is 0.939. The Hall–Kier alpha value is -4.13. The molecule has 2 fully saturated rings. The third-order valence-corrected chi connectivity index (χ3v) is 8.54. The fourth-order valence-electron chi connectivity index (χ4n) is 5.87. The maximum absolute atomic E-state index is 13.1. The van der Waals surface area contributed by atoms with Gasteiger partial charge in [0.1, 0.15) is 18.4 Å². The number of amides is 1. The van der Waals surface area contributed by atoms with Crippen LogP contribution in [0.5, 0.6) is 5.75 Å². The second kappa shape index (κ2) is 14.9. The van der Waals surface area contributed by atoms with Crippen molar-refractivity contribution in [2.24, 2.45) is 11.8 Å². The summed E-state index contributed by atoms with van der Waals surface area (Å²) in [6, 6.07) is 22.4. The summed E-state index contributed by atoms with van der Waals surface area (Å²) < 4.78 is 6.00. The highest BCUT2D eigenvalue weighted by Crippen LogP contribution is 2.31. The Morgan fingerprint density at radius 3 is 2.23 bits per heavy atom. The zero-order chi connectivity index (χ0) is 30.0. The Morgan fingerprint density at radius 1 is 0.837 bits per heavy atom. The van der Waals surface area contributed by atoms with Gasteiger partial charge in [0.2, 0.25) is 5.91 Å². The highest BCUT2D eigenvalue weighted by Gasteiger charge is 2.28. The van der Waals surface area contributed by atoms with Gasteiger partial charge in [0.15, 0.2) is 5.78 Å². The van der Waals surface area contributed by atoms with Gasteiger partial charge in [-0.25, -0.2) is 4.79 Å². The number of nitrogens with one attached hydrogen (secondary N) is 1. The van der Waals surface area contributed by atoms with Gasteiger partial charge >= 0.3 is 5.97 Å². The molecule has 0 aliphatic heterocycles. The number of benzene rings is 3. The zero-order valence-corrected chi connectivity index (χ0v) is 24.8. The summed E-state index contributed by atoms with van der Waals surface area (Å²) in [7, 11) is 0. The monoisotopic (exact) mass is 582 g/mol. The van der Waals surface area contributed by atoms with Crippen LogP contribution in [0.15, 0.2) is 78.9 Å². The van der Waals surface area contributed by atoms with Gasteiger partial charge in [-0.2, -0.15) is 0 Å². The van der Waals surface area contributed by atoms with E-state index < -0.39 is 12.0 Å². The van der Waals surface area contributed by atoms with E-state index in [2.05, 4.69) is 5.32 Å². The standard InChI is InChI=1S/C36H42N2O5/c39-34(24-26-9-3-1-4-10-26)38(25-28-15-16-28)21-22-43-30-19-17-27(18-20-30)23-33(36(41)42)37-32-14-8-7-13-31(32)35(40)29-11-5-2-6-12-29/h2,5-8,11-14,17-20,26,28,33,37H,1,3-4,9-10,15-16,21-25H2,(H,41,42)/t33-/m0/s1. The van der Waals surface area contributed by atoms with Gasteiger partial charge in [0, 0.05) is 36.2 Å². The van der Waals surface area contributed by atoms with E-state index in [1.54, 1.807) is 48.5 Å². The molecule has 0 radical (unpaired) electrons. The first kappa shape index (κ1) is 30.3. The molecule has 3 aromatic rings. The highest BCUT2D eigenvalue weighted by molar-refractivity contribution is 6.12. The van der Waals surface area contributed by atoms with Crippen LogP contribution in [0, 0.1) is 11.8 Å². The van der Waals surface area contributed by atoms with E-state index in [1.165, 1.54) is 44.9 Å². The normalized spacial score (nSPS) is 15.8. The Balaban J connectivity index is 1.15. The summed E-state index contributed by atoms with van der Waals surface area (Å²) in [6.07, 6.45) is 9.41. The Kier molecular flexibility index (Phi) is 10.5. The molecule has 0 bridgehead atoms. The van der Waals surface area contributed by atoms with E-state index in [0.29, 0.717) is 54.0 Å². The predicted octanol–water partition coefficient (Wildman–Crippen LogP) is 6.61. The number of ether oxygens (including phenoxy) is 1. The number of hydrogen-bond donors (Lipinski definition) is 2. The lowest BCUT2D eigenvalue weighted by molar-refractivity contribution is -0.138. The average molecular weight is 583 g/mol. The van der Waals surface area contributed by atoms with Crippen molar-refractivity contribution in [1.29, 1.82) is 0 Å². The summed E-state index contributed by atoms with van der Waals surface area (Å²) in [4.78, 5) is 40.4. The smallest absolute Gasteiger partial charge is 0.326 e. The molecule has 0 heterocycles. The number of carboxylic acids is 1. The molecule has 2 saturated carbocycles. The van der Waals surface area contributed by atoms with E-state index in [-0.39, 0.29) is 18.1 Å². The minimum atomic E-state index is -1.00. The van der Waals surface area contributed by atoms with Crippen LogP contribution in [0.2, 0.25) is 0 Å². The van der Waals surface area contributed by atoms with Crippen molar-refractivity contribution in [2.45, 2.75) is 63.8 Å². The van der Waals surface area contributed by atoms with Crippen molar-refractivity contribution < 1.29 is 24.2 Å². The Labute approximate surface area is 254 Å². The molecule has 7 nitrogen and oxygen atoms in total. The van der Waals surface area contributed by atoms with E-state index in [1.807, 2.05) is 35.2 Å². The summed E-state index contributed by atoms with van der Waals surface area (Å²) in [5, 5.41) is 13.1. The van der Waals surface area contributed by atoms with Gasteiger partial charge in [-0.05, 0) is 67.3 Å². The lowest BCUT2D eigenvalue weighted by Gasteiger charge is -2.27. The molecule has 43 heavy (non-hydrogen) atoms. The molecule has 0 aromatic heterocycles. The summed E-state index contributed by atoms with van der Waals surface area (Å²) in [6.45, 7) is 1.83. The molecule has 2 aliphatic rings. The topological polar surface area (TPSA) is 95.9 Å². The highest BCUT2D eigenvalue weighted by atomic mass is 16.5. The number of para-hydroxylation sites is 1. The van der Waals surface area contributed by atoms with E-state index in [0.717, 1.165) is 12.1 Å². The lowest BCUT2D eigenvalue weighted by Crippen LogP contribution is -2.37. The number of carbonyl (C=O) groups is 3. The fraction of sp³-hybridized carbons (Fsp3) is 0.417. The van der Waals surface area contributed by atoms with Gasteiger partial charge < -0.3 is 20.1 Å². The van der Waals surface area contributed by atoms with Crippen LogP contribution in [0.4, 0.5) is 5.69 Å². The molecule has 0 unspecified atom stereocenters. The van der Waals surface area contributed by atoms with Crippen molar-refractivity contribution in [3.8, 4) is 5.75 Å². The maximum atomic E-state index is 13.1. The molecule has 3 aromatic carbocycles. The quantitative estimate of drug-likeness (QED) is 0.196. The average Bonchev–Trinajstić information content (AvgIpc) is 3.86. The van der Waals surface area contributed by atoms with Crippen LogP contribution in [-0.4, -0.2) is 53.4 Å². The molecule has 2 aliphatic carbocycles. The van der Waals surface area contributed by atoms with Gasteiger partial charge in [-0.1, -0.05) is 73.9 Å². The van der Waals surface area contributed by atoms with E-state index in [4.69, 9.17) is 4.74 Å². The summed E-state index contributed by atoms with van der Waals surface area (Å²) in [5.41, 5.74) is 2.29. The van der Waals surface area contributed by atoms with Crippen LogP contribution in [0.25, 0.3) is 0 Å². The third-order valence-electron chi connectivity index (χ3n) is 8.54. The van der Waals surface area contributed by atoms with Crippen LogP contribution < -0.4 is 10.1 Å². The van der Waals surface area contributed by atoms with Crippen molar-refractivity contribution in [2.75, 3.05) is 25.0 Å².